The highest BCUT2D eigenvalue weighted by molar-refractivity contribution is 7.95. The van der Waals surface area contributed by atoms with E-state index in [0.717, 1.165) is 6.08 Å². The summed E-state index contributed by atoms with van der Waals surface area (Å²) in [4.78, 5) is 16.8. The summed E-state index contributed by atoms with van der Waals surface area (Å²) >= 11 is 5.84. The van der Waals surface area contributed by atoms with Crippen LogP contribution in [0, 0.1) is 11.3 Å². The number of nitriles is 1. The number of sulfone groups is 1. The van der Waals surface area contributed by atoms with Crippen LogP contribution in [0.4, 0.5) is 0 Å². The van der Waals surface area contributed by atoms with Gasteiger partial charge < -0.3 is 4.74 Å². The summed E-state index contributed by atoms with van der Waals surface area (Å²) in [5, 5.41) is 9.98. The monoisotopic (exact) mass is 463 g/mol. The molecule has 0 amide bonds. The summed E-state index contributed by atoms with van der Waals surface area (Å²) < 4.78 is 33.1. The minimum Gasteiger partial charge on any atom is -0.438 e. The number of fused-ring (bicyclic) bond motifs is 1. The average molecular weight is 464 g/mol. The molecule has 2 heterocycles. The molecule has 0 spiro atoms. The molecular weight excluding hydrogens is 450 g/mol. The predicted octanol–water partition coefficient (Wildman–Crippen LogP) is 4.48. The lowest BCUT2D eigenvalue weighted by Gasteiger charge is -2.10. The first-order valence-electron chi connectivity index (χ1n) is 9.27. The first-order chi connectivity index (χ1) is 15.4. The maximum absolute atomic E-state index is 13.2. The molecule has 0 saturated heterocycles. The maximum Gasteiger partial charge on any atom is 0.269 e. The zero-order valence-corrected chi connectivity index (χ0v) is 17.9. The summed E-state index contributed by atoms with van der Waals surface area (Å²) in [6.45, 7) is 0. The molecule has 0 aliphatic rings. The number of nitrogens with zero attached hydrogens (tertiary/aromatic N) is 3. The lowest BCUT2D eigenvalue weighted by atomic mass is 10.2. The second kappa shape index (κ2) is 8.67. The lowest BCUT2D eigenvalue weighted by molar-refractivity contribution is 0.461. The molecule has 158 valence electrons. The Kier molecular flexibility index (Phi) is 5.77. The van der Waals surface area contributed by atoms with E-state index < -0.39 is 20.3 Å². The van der Waals surface area contributed by atoms with Gasteiger partial charge >= 0.3 is 0 Å². The normalized spacial score (nSPS) is 11.8. The Morgan fingerprint density at radius 3 is 2.41 bits per heavy atom. The highest BCUT2D eigenvalue weighted by atomic mass is 35.5. The van der Waals surface area contributed by atoms with Gasteiger partial charge in [0, 0.05) is 11.2 Å². The van der Waals surface area contributed by atoms with Crippen LogP contribution in [0.25, 0.3) is 11.7 Å². The minimum absolute atomic E-state index is 0.119. The number of allylic oxidation sites excluding steroid dienone is 1. The SMILES string of the molecule is N#C/C(=C\c1c(Oc2ccccc2)nc2ccccn2c1=O)S(=O)(=O)c1ccc(Cl)cc1. The smallest absolute Gasteiger partial charge is 0.269 e. The molecule has 0 N–H and O–H groups in total. The summed E-state index contributed by atoms with van der Waals surface area (Å²) in [5.74, 6) is 0.278. The third-order valence-electron chi connectivity index (χ3n) is 4.49. The molecule has 0 saturated carbocycles. The van der Waals surface area contributed by atoms with E-state index in [0.29, 0.717) is 16.4 Å². The summed E-state index contributed by atoms with van der Waals surface area (Å²) in [6.07, 6.45) is 2.48. The Morgan fingerprint density at radius 1 is 1.03 bits per heavy atom. The van der Waals surface area contributed by atoms with Gasteiger partial charge in [-0.05, 0) is 54.6 Å². The van der Waals surface area contributed by atoms with Crippen LogP contribution in [-0.2, 0) is 9.84 Å². The fourth-order valence-corrected chi connectivity index (χ4v) is 4.19. The van der Waals surface area contributed by atoms with Crippen LogP contribution >= 0.6 is 11.6 Å². The number of para-hydroxylation sites is 1. The van der Waals surface area contributed by atoms with Gasteiger partial charge in [-0.2, -0.15) is 10.2 Å². The van der Waals surface area contributed by atoms with Gasteiger partial charge in [-0.1, -0.05) is 35.9 Å². The second-order valence-electron chi connectivity index (χ2n) is 6.56. The highest BCUT2D eigenvalue weighted by Gasteiger charge is 2.23. The van der Waals surface area contributed by atoms with Crippen molar-refractivity contribution in [2.45, 2.75) is 4.90 Å². The number of hydrogen-bond donors (Lipinski definition) is 0. The molecule has 0 radical (unpaired) electrons. The fourth-order valence-electron chi connectivity index (χ4n) is 2.93. The van der Waals surface area contributed by atoms with Crippen molar-refractivity contribution >= 4 is 33.2 Å². The van der Waals surface area contributed by atoms with Gasteiger partial charge in [-0.15, -0.1) is 0 Å². The molecule has 0 atom stereocenters. The van der Waals surface area contributed by atoms with Gasteiger partial charge in [0.05, 0.1) is 4.90 Å². The molecule has 0 fully saturated rings. The predicted molar refractivity (Wildman–Crippen MR) is 120 cm³/mol. The van der Waals surface area contributed by atoms with Gasteiger partial charge in [-0.25, -0.2) is 8.42 Å². The zero-order valence-electron chi connectivity index (χ0n) is 16.3. The molecule has 4 rings (SSSR count). The molecule has 2 aromatic heterocycles. The van der Waals surface area contributed by atoms with Crippen molar-refractivity contribution in [2.75, 3.05) is 0 Å². The number of pyridine rings is 1. The third-order valence-corrected chi connectivity index (χ3v) is 6.42. The molecule has 32 heavy (non-hydrogen) atoms. The van der Waals surface area contributed by atoms with E-state index in [2.05, 4.69) is 4.98 Å². The fraction of sp³-hybridized carbons (Fsp3) is 0. The zero-order chi connectivity index (χ0) is 22.7. The van der Waals surface area contributed by atoms with Crippen LogP contribution in [0.3, 0.4) is 0 Å². The number of aromatic nitrogens is 2. The minimum atomic E-state index is -4.22. The quantitative estimate of drug-likeness (QED) is 0.404. The Morgan fingerprint density at radius 2 is 1.72 bits per heavy atom. The highest BCUT2D eigenvalue weighted by Crippen LogP contribution is 2.27. The van der Waals surface area contributed by atoms with E-state index in [1.165, 1.54) is 34.9 Å². The number of ether oxygens (including phenoxy) is 1. The summed E-state index contributed by atoms with van der Waals surface area (Å²) in [6, 6.07) is 20.6. The number of halogens is 1. The molecule has 9 heteroatoms. The summed E-state index contributed by atoms with van der Waals surface area (Å²) in [7, 11) is -4.22. The standard InChI is InChI=1S/C23H14ClN3O4S/c24-16-9-11-18(12-10-16)32(29,30)19(15-25)14-20-22(31-17-6-2-1-3-7-17)26-21-8-4-5-13-27(21)23(20)28/h1-14H/b19-14+. The van der Waals surface area contributed by atoms with Crippen molar-refractivity contribution in [3.63, 3.8) is 0 Å². The van der Waals surface area contributed by atoms with Crippen molar-refractivity contribution in [3.8, 4) is 17.7 Å². The van der Waals surface area contributed by atoms with Crippen molar-refractivity contribution < 1.29 is 13.2 Å². The first kappa shape index (κ1) is 21.3. The van der Waals surface area contributed by atoms with Crippen LogP contribution in [0.5, 0.6) is 11.6 Å². The maximum atomic E-state index is 13.2. The average Bonchev–Trinajstić information content (AvgIpc) is 2.80. The van der Waals surface area contributed by atoms with Crippen LogP contribution in [-0.4, -0.2) is 17.8 Å². The second-order valence-corrected chi connectivity index (χ2v) is 8.91. The van der Waals surface area contributed by atoms with Crippen molar-refractivity contribution in [1.82, 2.24) is 9.38 Å². The molecule has 0 aliphatic carbocycles. The van der Waals surface area contributed by atoms with Gasteiger partial charge in [0.25, 0.3) is 5.56 Å². The van der Waals surface area contributed by atoms with Crippen molar-refractivity contribution in [2.24, 2.45) is 0 Å². The van der Waals surface area contributed by atoms with Crippen molar-refractivity contribution in [1.29, 1.82) is 5.26 Å². The Bertz CT molecular complexity index is 1540. The lowest BCUT2D eigenvalue weighted by Crippen LogP contribution is -2.19. The van der Waals surface area contributed by atoms with E-state index in [4.69, 9.17) is 16.3 Å². The molecule has 0 aliphatic heterocycles. The topological polar surface area (TPSA) is 102 Å². The van der Waals surface area contributed by atoms with Gasteiger partial charge in [0.1, 0.15) is 27.9 Å². The number of rotatable bonds is 5. The largest absolute Gasteiger partial charge is 0.438 e. The Balaban J connectivity index is 1.93. The molecule has 2 aromatic carbocycles. The van der Waals surface area contributed by atoms with Crippen LogP contribution in [0.1, 0.15) is 5.56 Å². The molecule has 4 aromatic rings. The van der Waals surface area contributed by atoms with E-state index in [-0.39, 0.29) is 16.3 Å². The van der Waals surface area contributed by atoms with E-state index in [9.17, 15) is 18.5 Å². The van der Waals surface area contributed by atoms with Crippen molar-refractivity contribution in [3.05, 3.63) is 105 Å². The third kappa shape index (κ3) is 4.12. The van der Waals surface area contributed by atoms with Crippen LogP contribution in [0.2, 0.25) is 5.02 Å². The number of benzene rings is 2. The Labute approximate surface area is 188 Å². The van der Waals surface area contributed by atoms with E-state index in [1.807, 2.05) is 0 Å². The number of hydrogen-bond acceptors (Lipinski definition) is 6. The van der Waals surface area contributed by atoms with Crippen LogP contribution < -0.4 is 10.3 Å². The Hall–Kier alpha value is -3.93. The van der Waals surface area contributed by atoms with Gasteiger partial charge in [-0.3, -0.25) is 9.20 Å². The first-order valence-corrected chi connectivity index (χ1v) is 11.1. The van der Waals surface area contributed by atoms with Crippen LogP contribution in [0.15, 0.2) is 93.6 Å². The van der Waals surface area contributed by atoms with Gasteiger partial charge in [0.2, 0.25) is 15.7 Å². The molecule has 0 bridgehead atoms. The molecular formula is C23H14ClN3O4S. The van der Waals surface area contributed by atoms with Gasteiger partial charge in [0.15, 0.2) is 0 Å². The van der Waals surface area contributed by atoms with E-state index >= 15 is 0 Å². The molecule has 0 unspecified atom stereocenters. The summed E-state index contributed by atoms with van der Waals surface area (Å²) in [5.41, 5.74) is -0.452. The van der Waals surface area contributed by atoms with E-state index in [1.54, 1.807) is 54.6 Å². The molecule has 7 nitrogen and oxygen atoms in total.